The zero-order valence-electron chi connectivity index (χ0n) is 26.7. The fourth-order valence-electron chi connectivity index (χ4n) is 7.88. The molecule has 1 saturated heterocycles. The number of aliphatic carboxylic acids is 2. The number of nitrogens with zero attached hydrogens (tertiary/aromatic N) is 1. The van der Waals surface area contributed by atoms with Crippen LogP contribution >= 0.6 is 0 Å². The molecule has 0 unspecified atom stereocenters. The fraction of sp³-hybridized carbons (Fsp3) is 0.457. The Morgan fingerprint density at radius 1 is 1.02 bits per heavy atom. The van der Waals surface area contributed by atoms with Gasteiger partial charge in [-0.1, -0.05) is 42.5 Å². The van der Waals surface area contributed by atoms with Crippen LogP contribution in [0.3, 0.4) is 0 Å². The van der Waals surface area contributed by atoms with Gasteiger partial charge in [0.25, 0.3) is 0 Å². The predicted octanol–water partition coefficient (Wildman–Crippen LogP) is 1.93. The monoisotopic (exact) mass is 679 g/mol. The first-order valence-corrected chi connectivity index (χ1v) is 16.0. The smallest absolute Gasteiger partial charge is 0.353 e. The van der Waals surface area contributed by atoms with Gasteiger partial charge in [-0.25, -0.2) is 9.59 Å². The zero-order chi connectivity index (χ0) is 35.1. The van der Waals surface area contributed by atoms with Crippen LogP contribution in [0.1, 0.15) is 66.9 Å². The number of ether oxygens (including phenoxy) is 4. The molecule has 2 aromatic rings. The highest BCUT2D eigenvalue weighted by molar-refractivity contribution is 5.86. The molecular formula is C35H37NO13. The number of carbonyl (C=O) groups is 5. The van der Waals surface area contributed by atoms with E-state index in [1.807, 2.05) is 19.2 Å². The van der Waals surface area contributed by atoms with E-state index in [0.717, 1.165) is 24.1 Å². The molecule has 6 rings (SSSR count). The van der Waals surface area contributed by atoms with Gasteiger partial charge in [-0.05, 0) is 44.5 Å². The Kier molecular flexibility index (Phi) is 9.22. The van der Waals surface area contributed by atoms with Crippen LogP contribution in [0.2, 0.25) is 0 Å². The first-order valence-electron chi connectivity index (χ1n) is 16.0. The summed E-state index contributed by atoms with van der Waals surface area (Å²) in [5.41, 5.74) is 0.394. The fourth-order valence-corrected chi connectivity index (χ4v) is 7.88. The molecule has 0 amide bonds. The second-order valence-corrected chi connectivity index (χ2v) is 12.9. The summed E-state index contributed by atoms with van der Waals surface area (Å²) in [6.45, 7) is 0.477. The number of aliphatic hydroxyl groups is 2. The summed E-state index contributed by atoms with van der Waals surface area (Å²) in [5, 5.41) is 40.9. The molecule has 0 radical (unpaired) electrons. The number of likely N-dealkylation sites (tertiary alicyclic amines) is 1. The van der Waals surface area contributed by atoms with Crippen molar-refractivity contribution < 1.29 is 63.3 Å². The summed E-state index contributed by atoms with van der Waals surface area (Å²) in [6, 6.07) is 11.1. The minimum absolute atomic E-state index is 0.140. The lowest BCUT2D eigenvalue weighted by atomic mass is 9.52. The third kappa shape index (κ3) is 5.93. The lowest BCUT2D eigenvalue weighted by molar-refractivity contribution is -0.179. The predicted molar refractivity (Wildman–Crippen MR) is 166 cm³/mol. The van der Waals surface area contributed by atoms with Crippen LogP contribution in [0, 0.1) is 0 Å². The van der Waals surface area contributed by atoms with Gasteiger partial charge in [-0.2, -0.15) is 0 Å². The van der Waals surface area contributed by atoms with Crippen molar-refractivity contribution in [2.75, 3.05) is 13.6 Å². The number of aliphatic hydroxyl groups excluding tert-OH is 1. The highest BCUT2D eigenvalue weighted by atomic mass is 16.6. The van der Waals surface area contributed by atoms with Crippen molar-refractivity contribution in [3.05, 3.63) is 76.6 Å². The Balaban J connectivity index is 1.17. The van der Waals surface area contributed by atoms with Crippen LogP contribution < -0.4 is 4.74 Å². The van der Waals surface area contributed by atoms with Crippen molar-refractivity contribution in [2.45, 2.75) is 86.9 Å². The van der Waals surface area contributed by atoms with Crippen molar-refractivity contribution in [3.63, 3.8) is 0 Å². The highest BCUT2D eigenvalue weighted by Crippen LogP contribution is 2.64. The lowest BCUT2D eigenvalue weighted by Gasteiger charge is -2.56. The largest absolute Gasteiger partial charge is 0.481 e. The van der Waals surface area contributed by atoms with Crippen molar-refractivity contribution in [1.29, 1.82) is 0 Å². The molecule has 4 N–H and O–H groups in total. The third-order valence-corrected chi connectivity index (χ3v) is 10.1. The number of carboxylic acid groups (broad SMARTS) is 2. The van der Waals surface area contributed by atoms with Gasteiger partial charge in [0, 0.05) is 29.2 Å². The van der Waals surface area contributed by atoms with Gasteiger partial charge in [0.2, 0.25) is 12.2 Å². The van der Waals surface area contributed by atoms with Crippen LogP contribution in [0.15, 0.2) is 54.3 Å². The van der Waals surface area contributed by atoms with Gasteiger partial charge in [0.1, 0.15) is 11.5 Å². The third-order valence-electron chi connectivity index (χ3n) is 10.1. The summed E-state index contributed by atoms with van der Waals surface area (Å²) in [7, 11) is 1.99. The van der Waals surface area contributed by atoms with E-state index < -0.39 is 78.4 Å². The summed E-state index contributed by atoms with van der Waals surface area (Å²) >= 11 is 0. The number of benzene rings is 2. The van der Waals surface area contributed by atoms with Crippen molar-refractivity contribution in [2.24, 2.45) is 0 Å². The maximum atomic E-state index is 13.2. The topological polar surface area (TPSA) is 206 Å². The molecule has 14 heteroatoms. The molecular weight excluding hydrogens is 642 g/mol. The van der Waals surface area contributed by atoms with Crippen LogP contribution in [0.4, 0.5) is 0 Å². The Morgan fingerprint density at radius 2 is 1.76 bits per heavy atom. The van der Waals surface area contributed by atoms with E-state index in [1.165, 1.54) is 12.1 Å². The van der Waals surface area contributed by atoms with Crippen molar-refractivity contribution in [3.8, 4) is 5.75 Å². The van der Waals surface area contributed by atoms with Gasteiger partial charge in [-0.15, -0.1) is 0 Å². The SMILES string of the molecule is CN1CCC[C@]23c4c5ccc(CO)c4O[C@H]2C(OC(=O)CCC(=O)O[C@H](C(=O)O[C@@H](CC(=O)O)C(=O)O)c2ccccc2)=CC[C@@]3(O)[C@H]1C5. The molecule has 1 spiro atoms. The van der Waals surface area contributed by atoms with E-state index in [2.05, 4.69) is 4.90 Å². The zero-order valence-corrected chi connectivity index (χ0v) is 26.7. The summed E-state index contributed by atoms with van der Waals surface area (Å²) in [6.07, 6.45) is -2.86. The molecule has 2 heterocycles. The minimum Gasteiger partial charge on any atom is -0.481 e. The molecule has 49 heavy (non-hydrogen) atoms. The molecule has 1 fully saturated rings. The number of hydrogen-bond acceptors (Lipinski definition) is 12. The average molecular weight is 680 g/mol. The van der Waals surface area contributed by atoms with E-state index in [9.17, 15) is 39.3 Å². The standard InChI is InChI=1S/C35H37NO13/c1-36-15-5-13-34-28-20-8-9-21(18-37)29(28)49-31(34)22(12-14-35(34,45)24(36)16-20)46-26(40)10-11-27(41)48-30(19-6-3-2-4-7-19)33(44)47-23(32(42)43)17-25(38)39/h2-4,6-9,12,23-24,30-31,37,45H,5,10-11,13-18H2,1H3,(H,38,39)(H,42,43)/t23-,24+,30-,31-,34-,35+/m0/s1. The number of carbonyl (C=O) groups excluding carboxylic acids is 3. The van der Waals surface area contributed by atoms with E-state index in [-0.39, 0.29) is 30.4 Å². The maximum absolute atomic E-state index is 13.2. The average Bonchev–Trinajstić information content (AvgIpc) is 3.41. The van der Waals surface area contributed by atoms with Crippen LogP contribution in [0.5, 0.6) is 5.75 Å². The number of carboxylic acids is 2. The second kappa shape index (κ2) is 13.3. The Morgan fingerprint density at radius 3 is 2.45 bits per heavy atom. The summed E-state index contributed by atoms with van der Waals surface area (Å²) in [5.74, 6) is -5.60. The van der Waals surface area contributed by atoms with Gasteiger partial charge in [-0.3, -0.25) is 14.4 Å². The number of hydrogen-bond donors (Lipinski definition) is 4. The van der Waals surface area contributed by atoms with Gasteiger partial charge in [0.15, 0.2) is 6.10 Å². The number of likely N-dealkylation sites (N-methyl/N-ethyl adjacent to an activating group) is 1. The first kappa shape index (κ1) is 34.1. The molecule has 2 aromatic carbocycles. The number of esters is 3. The summed E-state index contributed by atoms with van der Waals surface area (Å²) in [4.78, 5) is 63.7. The van der Waals surface area contributed by atoms with Gasteiger partial charge >= 0.3 is 29.8 Å². The highest BCUT2D eigenvalue weighted by Gasteiger charge is 2.70. The van der Waals surface area contributed by atoms with Gasteiger partial charge < -0.3 is 44.3 Å². The number of rotatable bonds is 12. The molecule has 0 aromatic heterocycles. The second-order valence-electron chi connectivity index (χ2n) is 12.9. The normalized spacial score (nSPS) is 26.1. The van der Waals surface area contributed by atoms with Crippen LogP contribution in [-0.2, 0) is 56.6 Å². The van der Waals surface area contributed by atoms with Crippen molar-refractivity contribution in [1.82, 2.24) is 4.90 Å². The first-order chi connectivity index (χ1) is 23.4. The molecule has 6 atom stereocenters. The van der Waals surface area contributed by atoms with Crippen molar-refractivity contribution >= 4 is 29.8 Å². The Labute approximate surface area is 280 Å². The molecule has 2 bridgehead atoms. The Bertz CT molecular complexity index is 1710. The van der Waals surface area contributed by atoms with Gasteiger partial charge in [0.05, 0.1) is 36.9 Å². The van der Waals surface area contributed by atoms with E-state index in [4.69, 9.17) is 24.1 Å². The van der Waals surface area contributed by atoms with E-state index in [0.29, 0.717) is 24.2 Å². The molecule has 2 aliphatic carbocycles. The van der Waals surface area contributed by atoms with Crippen LogP contribution in [0.25, 0.3) is 0 Å². The lowest BCUT2D eigenvalue weighted by Crippen LogP contribution is -2.69. The quantitative estimate of drug-likeness (QED) is 0.187. The maximum Gasteiger partial charge on any atom is 0.353 e. The van der Waals surface area contributed by atoms with E-state index >= 15 is 0 Å². The molecule has 2 aliphatic heterocycles. The van der Waals surface area contributed by atoms with E-state index in [1.54, 1.807) is 24.3 Å². The molecule has 14 nitrogen and oxygen atoms in total. The van der Waals surface area contributed by atoms with Crippen LogP contribution in [-0.4, -0.2) is 92.6 Å². The molecule has 0 saturated carbocycles. The minimum atomic E-state index is -2.02. The molecule has 260 valence electrons. The summed E-state index contributed by atoms with van der Waals surface area (Å²) < 4.78 is 22.5. The molecule has 4 aliphatic rings. The Hall–Kier alpha value is -4.79.